The Bertz CT molecular complexity index is 409. The highest BCUT2D eigenvalue weighted by molar-refractivity contribution is 5.47. The van der Waals surface area contributed by atoms with E-state index in [0.29, 0.717) is 12.2 Å². The minimum absolute atomic E-state index is 0.228. The lowest BCUT2D eigenvalue weighted by Crippen LogP contribution is -2.15. The lowest BCUT2D eigenvalue weighted by atomic mass is 9.96. The molecule has 0 aromatic carbocycles. The van der Waals surface area contributed by atoms with E-state index in [1.54, 1.807) is 0 Å². The van der Waals surface area contributed by atoms with Gasteiger partial charge in [0.1, 0.15) is 18.2 Å². The number of hydrogen-bond acceptors (Lipinski definition) is 4. The number of nitrogens with zero attached hydrogens (tertiary/aromatic N) is 2. The molecule has 106 valence electrons. The first-order valence-electron chi connectivity index (χ1n) is 6.63. The lowest BCUT2D eigenvalue weighted by Gasteiger charge is -2.18. The van der Waals surface area contributed by atoms with E-state index in [1.165, 1.54) is 12.0 Å². The summed E-state index contributed by atoms with van der Waals surface area (Å²) in [5, 5.41) is 3.09. The van der Waals surface area contributed by atoms with E-state index in [-0.39, 0.29) is 6.61 Å². The van der Waals surface area contributed by atoms with Gasteiger partial charge in [-0.15, -0.1) is 0 Å². The van der Waals surface area contributed by atoms with Crippen LogP contribution in [0.15, 0.2) is 0 Å². The molecule has 4 nitrogen and oxygen atoms in total. The zero-order chi connectivity index (χ0) is 13.7. The van der Waals surface area contributed by atoms with Crippen LogP contribution in [0, 0.1) is 0 Å². The monoisotopic (exact) mass is 271 g/mol. The molecule has 1 aliphatic rings. The van der Waals surface area contributed by atoms with Gasteiger partial charge in [-0.3, -0.25) is 0 Å². The average molecular weight is 271 g/mol. The molecule has 1 aliphatic carbocycles. The van der Waals surface area contributed by atoms with Crippen LogP contribution in [-0.4, -0.2) is 36.7 Å². The van der Waals surface area contributed by atoms with E-state index in [1.807, 2.05) is 7.05 Å². The minimum atomic E-state index is -2.42. The fourth-order valence-corrected chi connectivity index (χ4v) is 2.30. The van der Waals surface area contributed by atoms with E-state index in [2.05, 4.69) is 15.3 Å². The van der Waals surface area contributed by atoms with Gasteiger partial charge in [0, 0.05) is 24.7 Å². The predicted molar refractivity (Wildman–Crippen MR) is 68.7 cm³/mol. The van der Waals surface area contributed by atoms with Crippen molar-refractivity contribution in [2.45, 2.75) is 38.5 Å². The number of nitrogens with one attached hydrogen (secondary N) is 1. The number of rotatable bonds is 6. The molecule has 1 aromatic heterocycles. The van der Waals surface area contributed by atoms with E-state index < -0.39 is 13.0 Å². The Balaban J connectivity index is 2.01. The number of fused-ring (bicyclic) bond motifs is 1. The zero-order valence-electron chi connectivity index (χ0n) is 11.1. The number of alkyl halides is 2. The molecule has 0 atom stereocenters. The third kappa shape index (κ3) is 3.83. The summed E-state index contributed by atoms with van der Waals surface area (Å²) in [6.45, 7) is -0.296. The maximum Gasteiger partial charge on any atom is 0.261 e. The summed E-state index contributed by atoms with van der Waals surface area (Å²) in [6.07, 6.45) is 2.34. The topological polar surface area (TPSA) is 47.0 Å². The van der Waals surface area contributed by atoms with Crippen molar-refractivity contribution in [3.05, 3.63) is 17.1 Å². The van der Waals surface area contributed by atoms with Gasteiger partial charge in [0.15, 0.2) is 0 Å². The Morgan fingerprint density at radius 3 is 2.79 bits per heavy atom. The van der Waals surface area contributed by atoms with Crippen LogP contribution in [0.1, 0.15) is 29.9 Å². The molecule has 0 saturated heterocycles. The summed E-state index contributed by atoms with van der Waals surface area (Å²) in [4.78, 5) is 8.95. The molecule has 0 unspecified atom stereocenters. The van der Waals surface area contributed by atoms with Gasteiger partial charge in [-0.2, -0.15) is 0 Å². The number of aromatic nitrogens is 2. The van der Waals surface area contributed by atoms with E-state index in [0.717, 1.165) is 30.8 Å². The standard InChI is InChI=1S/C13H19F2N3O/c1-16-13-9-4-2-3-5-10(9)17-12(18-13)6-7-19-8-11(14)15/h11H,2-8H2,1H3,(H,16,17,18). The fraction of sp³-hybridized carbons (Fsp3) is 0.692. The molecule has 1 N–H and O–H groups in total. The Morgan fingerprint density at radius 2 is 2.05 bits per heavy atom. The Hall–Kier alpha value is -1.30. The third-order valence-corrected chi connectivity index (χ3v) is 3.18. The molecule has 19 heavy (non-hydrogen) atoms. The molecular formula is C13H19F2N3O. The van der Waals surface area contributed by atoms with Gasteiger partial charge in [0.2, 0.25) is 0 Å². The van der Waals surface area contributed by atoms with Crippen LogP contribution in [0.3, 0.4) is 0 Å². The van der Waals surface area contributed by atoms with Crippen molar-refractivity contribution in [1.29, 1.82) is 0 Å². The Labute approximate surface area is 111 Å². The molecule has 0 fully saturated rings. The molecule has 0 amide bonds. The van der Waals surface area contributed by atoms with Crippen molar-refractivity contribution in [3.63, 3.8) is 0 Å². The molecule has 6 heteroatoms. The van der Waals surface area contributed by atoms with Crippen LogP contribution in [-0.2, 0) is 24.0 Å². The van der Waals surface area contributed by atoms with Crippen LogP contribution >= 0.6 is 0 Å². The number of halogens is 2. The van der Waals surface area contributed by atoms with Crippen molar-refractivity contribution < 1.29 is 13.5 Å². The molecule has 0 spiro atoms. The second-order valence-electron chi connectivity index (χ2n) is 4.59. The first kappa shape index (κ1) is 14.1. The Kier molecular flexibility index (Phi) is 5.01. The van der Waals surface area contributed by atoms with Crippen molar-refractivity contribution in [2.75, 3.05) is 25.6 Å². The maximum atomic E-state index is 11.9. The summed E-state index contributed by atoms with van der Waals surface area (Å²) in [5.41, 5.74) is 2.29. The van der Waals surface area contributed by atoms with E-state index >= 15 is 0 Å². The zero-order valence-corrected chi connectivity index (χ0v) is 11.1. The highest BCUT2D eigenvalue weighted by Crippen LogP contribution is 2.25. The molecule has 0 bridgehead atoms. The molecular weight excluding hydrogens is 252 g/mol. The molecule has 0 aliphatic heterocycles. The largest absolute Gasteiger partial charge is 0.375 e. The predicted octanol–water partition coefficient (Wildman–Crippen LogP) is 2.22. The summed E-state index contributed by atoms with van der Waals surface area (Å²) < 4.78 is 28.7. The first-order chi connectivity index (χ1) is 9.20. The van der Waals surface area contributed by atoms with Gasteiger partial charge < -0.3 is 10.1 Å². The third-order valence-electron chi connectivity index (χ3n) is 3.18. The fourth-order valence-electron chi connectivity index (χ4n) is 2.30. The average Bonchev–Trinajstić information content (AvgIpc) is 2.42. The van der Waals surface area contributed by atoms with E-state index in [4.69, 9.17) is 4.74 Å². The highest BCUT2D eigenvalue weighted by Gasteiger charge is 2.17. The molecule has 0 radical (unpaired) electrons. The van der Waals surface area contributed by atoms with E-state index in [9.17, 15) is 8.78 Å². The Morgan fingerprint density at radius 1 is 1.26 bits per heavy atom. The number of ether oxygens (including phenoxy) is 1. The lowest BCUT2D eigenvalue weighted by molar-refractivity contribution is 0.0183. The number of anilines is 1. The second kappa shape index (κ2) is 6.75. The SMILES string of the molecule is CNc1nc(CCOCC(F)F)nc2c1CCCC2. The summed E-state index contributed by atoms with van der Waals surface area (Å²) in [6, 6.07) is 0. The van der Waals surface area contributed by atoms with Crippen LogP contribution in [0.5, 0.6) is 0 Å². The van der Waals surface area contributed by atoms with Crippen molar-refractivity contribution >= 4 is 5.82 Å². The van der Waals surface area contributed by atoms with Gasteiger partial charge in [0.25, 0.3) is 6.43 Å². The van der Waals surface area contributed by atoms with Gasteiger partial charge in [0.05, 0.1) is 6.61 Å². The molecule has 1 aromatic rings. The van der Waals surface area contributed by atoms with Crippen LogP contribution < -0.4 is 5.32 Å². The smallest absolute Gasteiger partial charge is 0.261 e. The van der Waals surface area contributed by atoms with Gasteiger partial charge in [-0.1, -0.05) is 0 Å². The minimum Gasteiger partial charge on any atom is -0.375 e. The quantitative estimate of drug-likeness (QED) is 0.806. The van der Waals surface area contributed by atoms with Crippen molar-refractivity contribution in [1.82, 2.24) is 9.97 Å². The normalized spacial score (nSPS) is 14.5. The second-order valence-corrected chi connectivity index (χ2v) is 4.59. The molecule has 2 rings (SSSR count). The molecule has 0 saturated carbocycles. The van der Waals surface area contributed by atoms with Gasteiger partial charge in [-0.05, 0) is 25.7 Å². The first-order valence-corrected chi connectivity index (χ1v) is 6.63. The van der Waals surface area contributed by atoms with Gasteiger partial charge in [-0.25, -0.2) is 18.7 Å². The van der Waals surface area contributed by atoms with Gasteiger partial charge >= 0.3 is 0 Å². The van der Waals surface area contributed by atoms with Crippen LogP contribution in [0.2, 0.25) is 0 Å². The number of aryl methyl sites for hydroxylation is 1. The van der Waals surface area contributed by atoms with Crippen molar-refractivity contribution in [3.8, 4) is 0 Å². The summed E-state index contributed by atoms with van der Waals surface area (Å²) in [7, 11) is 1.84. The molecule has 1 heterocycles. The summed E-state index contributed by atoms with van der Waals surface area (Å²) in [5.74, 6) is 1.54. The highest BCUT2D eigenvalue weighted by atomic mass is 19.3. The van der Waals surface area contributed by atoms with Crippen LogP contribution in [0.25, 0.3) is 0 Å². The summed E-state index contributed by atoms with van der Waals surface area (Å²) >= 11 is 0. The van der Waals surface area contributed by atoms with Crippen LogP contribution in [0.4, 0.5) is 14.6 Å². The number of hydrogen-bond donors (Lipinski definition) is 1. The van der Waals surface area contributed by atoms with Crippen molar-refractivity contribution in [2.24, 2.45) is 0 Å². The maximum absolute atomic E-state index is 11.9.